The van der Waals surface area contributed by atoms with E-state index in [9.17, 15) is 4.39 Å². The molecule has 2 unspecified atom stereocenters. The molecular formula is C16H22FN3S. The molecule has 0 aromatic carbocycles. The van der Waals surface area contributed by atoms with E-state index < -0.39 is 0 Å². The van der Waals surface area contributed by atoms with E-state index in [1.165, 1.54) is 17.1 Å². The summed E-state index contributed by atoms with van der Waals surface area (Å²) in [5, 5.41) is 5.40. The average Bonchev–Trinajstić information content (AvgIpc) is 2.94. The van der Waals surface area contributed by atoms with E-state index in [0.717, 1.165) is 18.8 Å². The van der Waals surface area contributed by atoms with E-state index >= 15 is 0 Å². The number of hydrogen-bond acceptors (Lipinski definition) is 4. The van der Waals surface area contributed by atoms with Crippen LogP contribution in [-0.2, 0) is 6.54 Å². The minimum atomic E-state index is -0.295. The molecule has 5 heteroatoms. The summed E-state index contributed by atoms with van der Waals surface area (Å²) in [5.74, 6) is 0.0778. The minimum Gasteiger partial charge on any atom is -0.311 e. The van der Waals surface area contributed by atoms with E-state index in [4.69, 9.17) is 0 Å². The van der Waals surface area contributed by atoms with E-state index in [1.54, 1.807) is 17.4 Å². The molecule has 2 aromatic heterocycles. The Hall–Kier alpha value is -1.30. The lowest BCUT2D eigenvalue weighted by Crippen LogP contribution is -2.32. The molecular weight excluding hydrogens is 285 g/mol. The Kier molecular flexibility index (Phi) is 5.85. The van der Waals surface area contributed by atoms with Crippen LogP contribution in [0.3, 0.4) is 0 Å². The van der Waals surface area contributed by atoms with Crippen molar-refractivity contribution >= 4 is 11.3 Å². The zero-order chi connectivity index (χ0) is 15.2. The van der Waals surface area contributed by atoms with Gasteiger partial charge in [0.15, 0.2) is 0 Å². The number of thiophene rings is 1. The average molecular weight is 307 g/mol. The smallest absolute Gasteiger partial charge is 0.141 e. The summed E-state index contributed by atoms with van der Waals surface area (Å²) in [7, 11) is 4.05. The Balaban J connectivity index is 1.96. The number of nitrogens with one attached hydrogen (secondary N) is 1. The Labute approximate surface area is 129 Å². The molecule has 0 radical (unpaired) electrons. The molecule has 0 spiro atoms. The van der Waals surface area contributed by atoms with Crippen LogP contribution in [0.1, 0.15) is 23.5 Å². The van der Waals surface area contributed by atoms with E-state index in [0.29, 0.717) is 5.92 Å². The second-order valence-corrected chi connectivity index (χ2v) is 6.45. The third-order valence-corrected chi connectivity index (χ3v) is 4.42. The zero-order valence-electron chi connectivity index (χ0n) is 12.7. The van der Waals surface area contributed by atoms with Crippen molar-refractivity contribution in [1.29, 1.82) is 0 Å². The fourth-order valence-electron chi connectivity index (χ4n) is 2.63. The molecule has 0 aliphatic carbocycles. The van der Waals surface area contributed by atoms with Crippen LogP contribution in [-0.4, -0.2) is 30.5 Å². The van der Waals surface area contributed by atoms with Gasteiger partial charge in [-0.05, 0) is 43.6 Å². The molecule has 114 valence electrons. The first-order chi connectivity index (χ1) is 10.1. The van der Waals surface area contributed by atoms with Crippen molar-refractivity contribution in [2.45, 2.75) is 19.5 Å². The van der Waals surface area contributed by atoms with Gasteiger partial charge in [-0.1, -0.05) is 13.0 Å². The highest BCUT2D eigenvalue weighted by molar-refractivity contribution is 7.09. The molecule has 21 heavy (non-hydrogen) atoms. The molecule has 3 nitrogen and oxygen atoms in total. The number of halogens is 1. The Morgan fingerprint density at radius 1 is 1.38 bits per heavy atom. The van der Waals surface area contributed by atoms with Crippen molar-refractivity contribution in [3.8, 4) is 0 Å². The Morgan fingerprint density at radius 2 is 2.19 bits per heavy atom. The number of hydrogen-bond donors (Lipinski definition) is 1. The summed E-state index contributed by atoms with van der Waals surface area (Å²) in [5.41, 5.74) is 0.885. The highest BCUT2D eigenvalue weighted by atomic mass is 32.1. The van der Waals surface area contributed by atoms with Crippen LogP contribution in [0.2, 0.25) is 0 Å². The summed E-state index contributed by atoms with van der Waals surface area (Å²) in [4.78, 5) is 7.88. The second-order valence-electron chi connectivity index (χ2n) is 5.42. The lowest BCUT2D eigenvalue weighted by molar-refractivity contribution is 0.245. The van der Waals surface area contributed by atoms with Crippen molar-refractivity contribution in [3.63, 3.8) is 0 Å². The zero-order valence-corrected chi connectivity index (χ0v) is 13.5. The standard InChI is InChI=1S/C16H22FN3S/c1-12(10-20(3)11-14-5-4-8-21-14)16(18-2)15-7-6-13(17)9-19-15/h4-9,12,16,18H,10-11H2,1-3H3. The van der Waals surface area contributed by atoms with Gasteiger partial charge in [-0.3, -0.25) is 4.98 Å². The molecule has 2 aromatic rings. The van der Waals surface area contributed by atoms with Gasteiger partial charge in [-0.2, -0.15) is 0 Å². The molecule has 0 amide bonds. The van der Waals surface area contributed by atoms with Crippen molar-refractivity contribution in [1.82, 2.24) is 15.2 Å². The van der Waals surface area contributed by atoms with Crippen molar-refractivity contribution in [2.24, 2.45) is 5.92 Å². The van der Waals surface area contributed by atoms with Crippen LogP contribution in [0, 0.1) is 11.7 Å². The van der Waals surface area contributed by atoms with Crippen molar-refractivity contribution in [3.05, 3.63) is 52.2 Å². The molecule has 2 heterocycles. The minimum absolute atomic E-state index is 0.122. The summed E-state index contributed by atoms with van der Waals surface area (Å²) in [6.07, 6.45) is 1.28. The first-order valence-electron chi connectivity index (χ1n) is 7.09. The monoisotopic (exact) mass is 307 g/mol. The number of nitrogens with zero attached hydrogens (tertiary/aromatic N) is 2. The van der Waals surface area contributed by atoms with Gasteiger partial charge in [-0.25, -0.2) is 4.39 Å². The molecule has 0 aliphatic heterocycles. The SMILES string of the molecule is CNC(c1ccc(F)cn1)C(C)CN(C)Cc1cccs1. The fraction of sp³-hybridized carbons (Fsp3) is 0.438. The van der Waals surface area contributed by atoms with Gasteiger partial charge in [0.2, 0.25) is 0 Å². The predicted octanol–water partition coefficient (Wildman–Crippen LogP) is 3.31. The van der Waals surface area contributed by atoms with Gasteiger partial charge in [0.1, 0.15) is 5.82 Å². The molecule has 2 atom stereocenters. The first-order valence-corrected chi connectivity index (χ1v) is 7.97. The molecule has 0 bridgehead atoms. The fourth-order valence-corrected chi connectivity index (χ4v) is 3.41. The van der Waals surface area contributed by atoms with Gasteiger partial charge in [0.25, 0.3) is 0 Å². The van der Waals surface area contributed by atoms with Crippen molar-refractivity contribution < 1.29 is 4.39 Å². The van der Waals surface area contributed by atoms with E-state index in [1.807, 2.05) is 7.05 Å². The maximum atomic E-state index is 13.0. The number of rotatable bonds is 7. The third kappa shape index (κ3) is 4.59. The molecule has 2 rings (SSSR count). The van der Waals surface area contributed by atoms with Crippen LogP contribution in [0.4, 0.5) is 4.39 Å². The second kappa shape index (κ2) is 7.64. The molecule has 0 fully saturated rings. The van der Waals surface area contributed by atoms with Crippen LogP contribution in [0.15, 0.2) is 35.8 Å². The normalized spacial score (nSPS) is 14.3. The van der Waals surface area contributed by atoms with Crippen LogP contribution in [0.5, 0.6) is 0 Å². The molecule has 0 saturated carbocycles. The molecule has 1 N–H and O–H groups in total. The lowest BCUT2D eigenvalue weighted by Gasteiger charge is -2.27. The highest BCUT2D eigenvalue weighted by Crippen LogP contribution is 2.21. The van der Waals surface area contributed by atoms with Crippen LogP contribution < -0.4 is 5.32 Å². The van der Waals surface area contributed by atoms with Crippen molar-refractivity contribution in [2.75, 3.05) is 20.6 Å². The third-order valence-electron chi connectivity index (χ3n) is 3.55. The van der Waals surface area contributed by atoms with Gasteiger partial charge >= 0.3 is 0 Å². The van der Waals surface area contributed by atoms with Crippen LogP contribution >= 0.6 is 11.3 Å². The summed E-state index contributed by atoms with van der Waals surface area (Å²) < 4.78 is 13.0. The maximum absolute atomic E-state index is 13.0. The number of pyridine rings is 1. The molecule has 0 aliphatic rings. The number of aromatic nitrogens is 1. The van der Waals surface area contributed by atoms with Crippen LogP contribution in [0.25, 0.3) is 0 Å². The summed E-state index contributed by atoms with van der Waals surface area (Å²) >= 11 is 1.78. The quantitative estimate of drug-likeness (QED) is 0.850. The lowest BCUT2D eigenvalue weighted by atomic mass is 9.98. The van der Waals surface area contributed by atoms with Gasteiger partial charge in [-0.15, -0.1) is 11.3 Å². The van der Waals surface area contributed by atoms with E-state index in [2.05, 4.69) is 46.7 Å². The van der Waals surface area contributed by atoms with Gasteiger partial charge < -0.3 is 10.2 Å². The Morgan fingerprint density at radius 3 is 2.76 bits per heavy atom. The summed E-state index contributed by atoms with van der Waals surface area (Å²) in [6.45, 7) is 4.09. The van der Waals surface area contributed by atoms with Gasteiger partial charge in [0, 0.05) is 18.0 Å². The largest absolute Gasteiger partial charge is 0.311 e. The highest BCUT2D eigenvalue weighted by Gasteiger charge is 2.20. The Bertz CT molecular complexity index is 527. The van der Waals surface area contributed by atoms with Gasteiger partial charge in [0.05, 0.1) is 17.9 Å². The van der Waals surface area contributed by atoms with E-state index in [-0.39, 0.29) is 11.9 Å². The maximum Gasteiger partial charge on any atom is 0.141 e. The molecule has 0 saturated heterocycles. The first kappa shape index (κ1) is 16.1. The topological polar surface area (TPSA) is 28.2 Å². The summed E-state index contributed by atoms with van der Waals surface area (Å²) in [6, 6.07) is 7.58. The predicted molar refractivity (Wildman–Crippen MR) is 85.8 cm³/mol.